The molecule has 0 spiro atoms. The molecule has 1 aromatic heterocycles. The number of halogens is 1. The smallest absolute Gasteiger partial charge is 0.322 e. The minimum absolute atomic E-state index is 0.191. The van der Waals surface area contributed by atoms with Crippen LogP contribution in [0.15, 0.2) is 48.8 Å². The molecular weight excluding hydrogens is 285 g/mol. The molecule has 2 heterocycles. The number of nitrogens with one attached hydrogen (secondary N) is 1. The fraction of sp³-hybridized carbons (Fsp3) is 0.250. The van der Waals surface area contributed by atoms with Gasteiger partial charge in [-0.2, -0.15) is 0 Å². The van der Waals surface area contributed by atoms with Crippen LogP contribution >= 0.6 is 0 Å². The zero-order chi connectivity index (χ0) is 15.4. The van der Waals surface area contributed by atoms with E-state index in [2.05, 4.69) is 10.3 Å². The van der Waals surface area contributed by atoms with Crippen LogP contribution in [0.1, 0.15) is 11.7 Å². The number of rotatable bonds is 2. The molecule has 2 aromatic rings. The number of nitrogens with zero attached hydrogens (tertiary/aromatic N) is 2. The van der Waals surface area contributed by atoms with E-state index in [9.17, 15) is 9.18 Å². The minimum atomic E-state index is -0.286. The van der Waals surface area contributed by atoms with Crippen molar-refractivity contribution in [3.05, 3.63) is 60.2 Å². The second-order valence-corrected chi connectivity index (χ2v) is 5.03. The molecule has 6 heteroatoms. The Hall–Kier alpha value is -2.47. The van der Waals surface area contributed by atoms with Crippen LogP contribution < -0.4 is 5.32 Å². The van der Waals surface area contributed by atoms with E-state index in [1.807, 2.05) is 0 Å². The maximum Gasteiger partial charge on any atom is 0.322 e. The quantitative estimate of drug-likeness (QED) is 0.928. The lowest BCUT2D eigenvalue weighted by Gasteiger charge is -2.33. The summed E-state index contributed by atoms with van der Waals surface area (Å²) in [5, 5.41) is 2.80. The van der Waals surface area contributed by atoms with Crippen LogP contribution in [0.3, 0.4) is 0 Å². The van der Waals surface area contributed by atoms with Crippen molar-refractivity contribution in [1.82, 2.24) is 9.88 Å². The van der Waals surface area contributed by atoms with Crippen LogP contribution in [-0.2, 0) is 4.74 Å². The van der Waals surface area contributed by atoms with Crippen molar-refractivity contribution in [1.29, 1.82) is 0 Å². The molecule has 114 valence electrons. The predicted octanol–water partition coefficient (Wildman–Crippen LogP) is 2.83. The van der Waals surface area contributed by atoms with Gasteiger partial charge < -0.3 is 15.0 Å². The summed E-state index contributed by atoms with van der Waals surface area (Å²) in [6, 6.07) is 9.51. The van der Waals surface area contributed by atoms with Gasteiger partial charge in [0.2, 0.25) is 0 Å². The number of carbonyl (C=O) groups is 1. The molecule has 22 heavy (non-hydrogen) atoms. The van der Waals surface area contributed by atoms with Crippen molar-refractivity contribution in [3.8, 4) is 0 Å². The monoisotopic (exact) mass is 301 g/mol. The van der Waals surface area contributed by atoms with Crippen molar-refractivity contribution in [2.75, 3.05) is 25.0 Å². The molecule has 1 aliphatic heterocycles. The number of anilines is 1. The Morgan fingerprint density at radius 2 is 2.14 bits per heavy atom. The Kier molecular flexibility index (Phi) is 4.29. The van der Waals surface area contributed by atoms with Gasteiger partial charge in [-0.1, -0.05) is 12.1 Å². The molecule has 1 atom stereocenters. The number of hydrogen-bond donors (Lipinski definition) is 1. The first-order chi connectivity index (χ1) is 10.7. The highest BCUT2D eigenvalue weighted by molar-refractivity contribution is 5.89. The van der Waals surface area contributed by atoms with Crippen molar-refractivity contribution < 1.29 is 13.9 Å². The number of urea groups is 1. The topological polar surface area (TPSA) is 54.5 Å². The predicted molar refractivity (Wildman–Crippen MR) is 79.9 cm³/mol. The molecule has 1 unspecified atom stereocenters. The standard InChI is InChI=1S/C16H16FN3O2/c17-13-5-3-12(4-6-13)15-11-20(8-9-22-15)16(21)19-14-2-1-7-18-10-14/h1-7,10,15H,8-9,11H2,(H,19,21). The van der Waals surface area contributed by atoms with E-state index in [4.69, 9.17) is 4.74 Å². The first-order valence-corrected chi connectivity index (χ1v) is 7.05. The zero-order valence-corrected chi connectivity index (χ0v) is 11.9. The summed E-state index contributed by atoms with van der Waals surface area (Å²) in [4.78, 5) is 17.9. The average molecular weight is 301 g/mol. The number of aromatic nitrogens is 1. The van der Waals surface area contributed by atoms with E-state index in [1.54, 1.807) is 41.6 Å². The first-order valence-electron chi connectivity index (χ1n) is 7.05. The van der Waals surface area contributed by atoms with Gasteiger partial charge in [-0.25, -0.2) is 9.18 Å². The third-order valence-corrected chi connectivity index (χ3v) is 3.51. The van der Waals surface area contributed by atoms with E-state index in [0.717, 1.165) is 5.56 Å². The van der Waals surface area contributed by atoms with Gasteiger partial charge in [0, 0.05) is 12.7 Å². The number of morpholine rings is 1. The van der Waals surface area contributed by atoms with Gasteiger partial charge in [0.15, 0.2) is 0 Å². The number of pyridine rings is 1. The summed E-state index contributed by atoms with van der Waals surface area (Å²) >= 11 is 0. The lowest BCUT2D eigenvalue weighted by molar-refractivity contribution is -0.0135. The van der Waals surface area contributed by atoms with E-state index in [0.29, 0.717) is 25.4 Å². The highest BCUT2D eigenvalue weighted by Gasteiger charge is 2.25. The third kappa shape index (κ3) is 3.40. The second-order valence-electron chi connectivity index (χ2n) is 5.03. The van der Waals surface area contributed by atoms with Gasteiger partial charge in [-0.3, -0.25) is 4.98 Å². The fourth-order valence-corrected chi connectivity index (χ4v) is 2.35. The van der Waals surface area contributed by atoms with Crippen molar-refractivity contribution in [2.24, 2.45) is 0 Å². The largest absolute Gasteiger partial charge is 0.370 e. The maximum absolute atomic E-state index is 13.0. The summed E-state index contributed by atoms with van der Waals surface area (Å²) in [5.74, 6) is -0.286. The van der Waals surface area contributed by atoms with Crippen molar-refractivity contribution in [2.45, 2.75) is 6.10 Å². The first kappa shape index (κ1) is 14.5. The van der Waals surface area contributed by atoms with Crippen LogP contribution in [0, 0.1) is 5.82 Å². The zero-order valence-electron chi connectivity index (χ0n) is 11.9. The molecule has 0 radical (unpaired) electrons. The SMILES string of the molecule is O=C(Nc1cccnc1)N1CCOC(c2ccc(F)cc2)C1. The lowest BCUT2D eigenvalue weighted by atomic mass is 10.1. The van der Waals surface area contributed by atoms with Gasteiger partial charge in [0.05, 0.1) is 25.0 Å². The number of ether oxygens (including phenoxy) is 1. The Bertz CT molecular complexity index is 634. The summed E-state index contributed by atoms with van der Waals surface area (Å²) in [7, 11) is 0. The maximum atomic E-state index is 13.0. The number of carbonyl (C=O) groups excluding carboxylic acids is 1. The molecule has 1 aromatic carbocycles. The number of amides is 2. The molecule has 2 amide bonds. The van der Waals surface area contributed by atoms with E-state index in [1.165, 1.54) is 12.1 Å². The third-order valence-electron chi connectivity index (χ3n) is 3.51. The van der Waals surface area contributed by atoms with Gasteiger partial charge in [-0.15, -0.1) is 0 Å². The molecule has 1 fully saturated rings. The normalized spacial score (nSPS) is 18.0. The van der Waals surface area contributed by atoms with Gasteiger partial charge >= 0.3 is 6.03 Å². The molecule has 0 bridgehead atoms. The summed E-state index contributed by atoms with van der Waals surface area (Å²) in [6.45, 7) is 1.39. The minimum Gasteiger partial charge on any atom is -0.370 e. The van der Waals surface area contributed by atoms with E-state index >= 15 is 0 Å². The Balaban J connectivity index is 1.65. The van der Waals surface area contributed by atoms with Crippen LogP contribution in [-0.4, -0.2) is 35.6 Å². The summed E-state index contributed by atoms with van der Waals surface area (Å²) < 4.78 is 18.7. The molecule has 3 rings (SSSR count). The Morgan fingerprint density at radius 3 is 2.86 bits per heavy atom. The molecule has 1 saturated heterocycles. The molecule has 1 N–H and O–H groups in total. The Labute approximate surface area is 127 Å². The molecule has 0 aliphatic carbocycles. The highest BCUT2D eigenvalue weighted by Crippen LogP contribution is 2.23. The van der Waals surface area contributed by atoms with Crippen molar-refractivity contribution >= 4 is 11.7 Å². The second kappa shape index (κ2) is 6.53. The fourth-order valence-electron chi connectivity index (χ4n) is 2.35. The van der Waals surface area contributed by atoms with E-state index in [-0.39, 0.29) is 18.0 Å². The van der Waals surface area contributed by atoms with Gasteiger partial charge in [-0.05, 0) is 29.8 Å². The summed E-state index contributed by atoms with van der Waals surface area (Å²) in [5.41, 5.74) is 1.51. The Morgan fingerprint density at radius 1 is 1.32 bits per heavy atom. The summed E-state index contributed by atoms with van der Waals surface area (Å²) in [6.07, 6.45) is 3.00. The van der Waals surface area contributed by atoms with E-state index < -0.39 is 0 Å². The van der Waals surface area contributed by atoms with Gasteiger partial charge in [0.25, 0.3) is 0 Å². The van der Waals surface area contributed by atoms with Crippen LogP contribution in [0.5, 0.6) is 0 Å². The molecule has 1 aliphatic rings. The average Bonchev–Trinajstić information content (AvgIpc) is 2.56. The van der Waals surface area contributed by atoms with Crippen LogP contribution in [0.4, 0.5) is 14.9 Å². The van der Waals surface area contributed by atoms with Gasteiger partial charge in [0.1, 0.15) is 11.9 Å². The number of hydrogen-bond acceptors (Lipinski definition) is 3. The molecular formula is C16H16FN3O2. The van der Waals surface area contributed by atoms with Crippen LogP contribution in [0.25, 0.3) is 0 Å². The van der Waals surface area contributed by atoms with Crippen LogP contribution in [0.2, 0.25) is 0 Å². The number of benzene rings is 1. The molecule has 0 saturated carbocycles. The lowest BCUT2D eigenvalue weighted by Crippen LogP contribution is -2.44. The molecule has 5 nitrogen and oxygen atoms in total. The van der Waals surface area contributed by atoms with Crippen molar-refractivity contribution in [3.63, 3.8) is 0 Å². The highest BCUT2D eigenvalue weighted by atomic mass is 19.1.